The minimum absolute atomic E-state index is 0.186. The van der Waals surface area contributed by atoms with Gasteiger partial charge in [-0.05, 0) is 81.6 Å². The molecule has 0 spiro atoms. The summed E-state index contributed by atoms with van der Waals surface area (Å²) in [6, 6.07) is 0. The normalized spacial score (nSPS) is 51.8. The summed E-state index contributed by atoms with van der Waals surface area (Å²) in [5.41, 5.74) is -1.07. The van der Waals surface area contributed by atoms with E-state index in [0.717, 1.165) is 32.1 Å². The second kappa shape index (κ2) is 5.44. The molecule has 0 bridgehead atoms. The number of carbonyl (C=O) groups is 1. The van der Waals surface area contributed by atoms with Crippen LogP contribution < -0.4 is 0 Å². The average Bonchev–Trinajstić information content (AvgIpc) is 2.87. The van der Waals surface area contributed by atoms with Gasteiger partial charge in [0.2, 0.25) is 0 Å². The first-order valence-corrected chi connectivity index (χ1v) is 9.94. The predicted molar refractivity (Wildman–Crippen MR) is 96.5 cm³/mol. The number of allylic oxidation sites excluding steroid dienone is 1. The Balaban J connectivity index is 1.78. The van der Waals surface area contributed by atoms with Crippen LogP contribution in [0.3, 0.4) is 0 Å². The minimum atomic E-state index is -1.10. The highest BCUT2D eigenvalue weighted by Crippen LogP contribution is 2.68. The summed E-state index contributed by atoms with van der Waals surface area (Å²) in [6.07, 6.45) is 14.1. The SMILES string of the molecule is C#C[C@]1(O)CCC2C3CCC4=CC(=O)CCC4C3C(C)(O)C[C@@]21CC. The third-order valence-electron chi connectivity index (χ3n) is 8.31. The van der Waals surface area contributed by atoms with Crippen molar-refractivity contribution in [2.24, 2.45) is 29.1 Å². The van der Waals surface area contributed by atoms with E-state index in [1.807, 2.05) is 13.0 Å². The van der Waals surface area contributed by atoms with Crippen LogP contribution in [0.25, 0.3) is 0 Å². The van der Waals surface area contributed by atoms with Crippen LogP contribution in [0.5, 0.6) is 0 Å². The zero-order valence-electron chi connectivity index (χ0n) is 15.4. The van der Waals surface area contributed by atoms with Crippen LogP contribution in [0.4, 0.5) is 0 Å². The van der Waals surface area contributed by atoms with Crippen LogP contribution in [-0.2, 0) is 4.79 Å². The first kappa shape index (κ1) is 17.3. The lowest BCUT2D eigenvalue weighted by atomic mass is 9.45. The Hall–Kier alpha value is -1.11. The topological polar surface area (TPSA) is 57.5 Å². The third kappa shape index (κ3) is 2.17. The van der Waals surface area contributed by atoms with E-state index in [-0.39, 0.29) is 17.1 Å². The molecule has 0 amide bonds. The van der Waals surface area contributed by atoms with Crippen molar-refractivity contribution in [3.05, 3.63) is 11.6 Å². The smallest absolute Gasteiger partial charge is 0.155 e. The summed E-state index contributed by atoms with van der Waals surface area (Å²) in [4.78, 5) is 11.8. The Morgan fingerprint density at radius 3 is 2.72 bits per heavy atom. The molecule has 5 unspecified atom stereocenters. The van der Waals surface area contributed by atoms with Crippen molar-refractivity contribution in [3.8, 4) is 12.3 Å². The number of terminal acetylenes is 1. The summed E-state index contributed by atoms with van der Waals surface area (Å²) in [5, 5.41) is 22.8. The van der Waals surface area contributed by atoms with Gasteiger partial charge in [-0.2, -0.15) is 0 Å². The molecule has 3 saturated carbocycles. The lowest BCUT2D eigenvalue weighted by Gasteiger charge is -2.61. The fourth-order valence-corrected chi connectivity index (χ4v) is 7.44. The monoisotopic (exact) mass is 342 g/mol. The molecule has 2 N–H and O–H groups in total. The van der Waals surface area contributed by atoms with E-state index in [0.29, 0.717) is 37.0 Å². The average molecular weight is 342 g/mol. The number of aliphatic hydroxyl groups is 2. The van der Waals surface area contributed by atoms with Gasteiger partial charge in [0.1, 0.15) is 5.60 Å². The zero-order chi connectivity index (χ0) is 18.0. The molecule has 0 aromatic rings. The van der Waals surface area contributed by atoms with Crippen LogP contribution in [0.15, 0.2) is 11.6 Å². The molecule has 3 fully saturated rings. The van der Waals surface area contributed by atoms with E-state index in [2.05, 4.69) is 12.8 Å². The van der Waals surface area contributed by atoms with Gasteiger partial charge in [-0.3, -0.25) is 4.79 Å². The molecule has 0 radical (unpaired) electrons. The first-order valence-electron chi connectivity index (χ1n) is 9.94. The lowest BCUT2D eigenvalue weighted by molar-refractivity contribution is -0.191. The molecule has 0 aromatic heterocycles. The number of hydrogen-bond acceptors (Lipinski definition) is 3. The van der Waals surface area contributed by atoms with Gasteiger partial charge < -0.3 is 10.2 Å². The highest BCUT2D eigenvalue weighted by molar-refractivity contribution is 5.91. The summed E-state index contributed by atoms with van der Waals surface area (Å²) < 4.78 is 0. The molecule has 0 heterocycles. The Bertz CT molecular complexity index is 669. The summed E-state index contributed by atoms with van der Waals surface area (Å²) >= 11 is 0. The van der Waals surface area contributed by atoms with Crippen molar-refractivity contribution in [1.82, 2.24) is 0 Å². The number of rotatable bonds is 1. The number of carbonyl (C=O) groups excluding carboxylic acids is 1. The fourth-order valence-electron chi connectivity index (χ4n) is 7.44. The fraction of sp³-hybridized carbons (Fsp3) is 0.773. The number of fused-ring (bicyclic) bond motifs is 5. The van der Waals surface area contributed by atoms with Crippen molar-refractivity contribution in [2.75, 3.05) is 0 Å². The zero-order valence-corrected chi connectivity index (χ0v) is 15.4. The molecule has 4 rings (SSSR count). The van der Waals surface area contributed by atoms with Gasteiger partial charge in [0.05, 0.1) is 5.60 Å². The van der Waals surface area contributed by atoms with Crippen LogP contribution >= 0.6 is 0 Å². The van der Waals surface area contributed by atoms with E-state index in [4.69, 9.17) is 6.42 Å². The number of ketones is 1. The van der Waals surface area contributed by atoms with Gasteiger partial charge in [-0.25, -0.2) is 0 Å². The quantitative estimate of drug-likeness (QED) is 0.719. The van der Waals surface area contributed by atoms with Crippen molar-refractivity contribution in [3.63, 3.8) is 0 Å². The van der Waals surface area contributed by atoms with Crippen molar-refractivity contribution in [1.29, 1.82) is 0 Å². The Labute approximate surface area is 150 Å². The van der Waals surface area contributed by atoms with Gasteiger partial charge in [-0.1, -0.05) is 18.4 Å². The molecule has 7 atom stereocenters. The van der Waals surface area contributed by atoms with Gasteiger partial charge in [0.25, 0.3) is 0 Å². The molecular formula is C22H30O3. The van der Waals surface area contributed by atoms with Crippen LogP contribution in [-0.4, -0.2) is 27.2 Å². The Kier molecular flexibility index (Phi) is 3.77. The highest BCUT2D eigenvalue weighted by atomic mass is 16.3. The van der Waals surface area contributed by atoms with Crippen LogP contribution in [0.2, 0.25) is 0 Å². The van der Waals surface area contributed by atoms with Gasteiger partial charge in [0.15, 0.2) is 5.78 Å². The lowest BCUT2D eigenvalue weighted by Crippen LogP contribution is -2.62. The molecule has 0 aromatic carbocycles. The molecule has 0 saturated heterocycles. The maximum atomic E-state index is 11.8. The molecule has 4 aliphatic carbocycles. The highest BCUT2D eigenvalue weighted by Gasteiger charge is 2.68. The molecular weight excluding hydrogens is 312 g/mol. The largest absolute Gasteiger partial charge is 0.390 e. The van der Waals surface area contributed by atoms with Crippen molar-refractivity contribution in [2.45, 2.75) is 76.4 Å². The van der Waals surface area contributed by atoms with E-state index in [1.54, 1.807) is 0 Å². The first-order chi connectivity index (χ1) is 11.8. The van der Waals surface area contributed by atoms with Gasteiger partial charge >= 0.3 is 0 Å². The molecule has 0 aliphatic heterocycles. The van der Waals surface area contributed by atoms with E-state index in [1.165, 1.54) is 5.57 Å². The van der Waals surface area contributed by atoms with Crippen LogP contribution in [0.1, 0.15) is 65.2 Å². The molecule has 136 valence electrons. The maximum Gasteiger partial charge on any atom is 0.155 e. The second-order valence-electron chi connectivity index (χ2n) is 9.25. The Morgan fingerprint density at radius 2 is 2.04 bits per heavy atom. The van der Waals surface area contributed by atoms with E-state index < -0.39 is 11.2 Å². The second-order valence-corrected chi connectivity index (χ2v) is 9.25. The summed E-state index contributed by atoms with van der Waals surface area (Å²) in [5.74, 6) is 4.23. The molecule has 4 aliphatic rings. The summed E-state index contributed by atoms with van der Waals surface area (Å²) in [7, 11) is 0. The van der Waals surface area contributed by atoms with Crippen molar-refractivity contribution < 1.29 is 15.0 Å². The molecule has 25 heavy (non-hydrogen) atoms. The van der Waals surface area contributed by atoms with Gasteiger partial charge in [0, 0.05) is 11.8 Å². The summed E-state index contributed by atoms with van der Waals surface area (Å²) in [6.45, 7) is 4.07. The van der Waals surface area contributed by atoms with Gasteiger partial charge in [-0.15, -0.1) is 6.42 Å². The predicted octanol–water partition coefficient (Wildman–Crippen LogP) is 3.24. The Morgan fingerprint density at radius 1 is 1.28 bits per heavy atom. The van der Waals surface area contributed by atoms with Crippen LogP contribution in [0, 0.1) is 41.4 Å². The van der Waals surface area contributed by atoms with E-state index >= 15 is 0 Å². The minimum Gasteiger partial charge on any atom is -0.390 e. The van der Waals surface area contributed by atoms with Crippen molar-refractivity contribution >= 4 is 5.78 Å². The van der Waals surface area contributed by atoms with E-state index in [9.17, 15) is 15.0 Å². The third-order valence-corrected chi connectivity index (χ3v) is 8.31. The standard InChI is InChI=1S/C22H30O3/c1-4-21-13-20(3,24)19-16-9-7-15(23)12-14(16)6-8-17(19)18(21)10-11-22(21,25)5-2/h2,12,16-19,24-25H,4,6-11,13H2,1,3H3/t16?,17?,18?,19?,20?,21-,22-/m0/s1. The maximum absolute atomic E-state index is 11.8. The molecule has 3 heteroatoms. The number of hydrogen-bond donors (Lipinski definition) is 2. The molecule has 3 nitrogen and oxygen atoms in total.